The van der Waals surface area contributed by atoms with Crippen molar-refractivity contribution in [2.45, 2.75) is 45.1 Å². The fourth-order valence-corrected chi connectivity index (χ4v) is 1.47. The van der Waals surface area contributed by atoms with Gasteiger partial charge in [-0.1, -0.05) is 6.92 Å². The van der Waals surface area contributed by atoms with E-state index in [4.69, 9.17) is 9.47 Å². The van der Waals surface area contributed by atoms with Crippen molar-refractivity contribution in [1.29, 1.82) is 0 Å². The van der Waals surface area contributed by atoms with Crippen LogP contribution in [-0.2, 0) is 14.3 Å². The molecule has 1 aliphatic rings. The fourth-order valence-electron chi connectivity index (χ4n) is 1.47. The molecule has 1 heterocycles. The predicted molar refractivity (Wildman–Crippen MR) is 49.5 cm³/mol. The van der Waals surface area contributed by atoms with Crippen LogP contribution in [0.1, 0.15) is 39.0 Å². The van der Waals surface area contributed by atoms with Crippen LogP contribution in [0.3, 0.4) is 0 Å². The van der Waals surface area contributed by atoms with Crippen molar-refractivity contribution in [2.75, 3.05) is 13.2 Å². The van der Waals surface area contributed by atoms with Crippen molar-refractivity contribution < 1.29 is 14.3 Å². The first-order valence-electron chi connectivity index (χ1n) is 5.10. The maximum Gasteiger partial charge on any atom is 0.305 e. The summed E-state index contributed by atoms with van der Waals surface area (Å²) < 4.78 is 10.4. The number of rotatable bonds is 5. The van der Waals surface area contributed by atoms with Crippen molar-refractivity contribution in [3.8, 4) is 0 Å². The number of carbonyl (C=O) groups excluding carboxylic acids is 1. The van der Waals surface area contributed by atoms with E-state index in [1.807, 2.05) is 6.92 Å². The van der Waals surface area contributed by atoms with Gasteiger partial charge in [0.2, 0.25) is 0 Å². The number of esters is 1. The highest BCUT2D eigenvalue weighted by Gasteiger charge is 2.14. The Bertz CT molecular complexity index is 150. The van der Waals surface area contributed by atoms with Gasteiger partial charge in [-0.25, -0.2) is 0 Å². The summed E-state index contributed by atoms with van der Waals surface area (Å²) in [5.74, 6) is -0.104. The predicted octanol–water partition coefficient (Wildman–Crippen LogP) is 1.90. The van der Waals surface area contributed by atoms with Crippen LogP contribution in [0.4, 0.5) is 0 Å². The summed E-state index contributed by atoms with van der Waals surface area (Å²) >= 11 is 0. The molecule has 1 fully saturated rings. The molecular formula is C10H18O3. The van der Waals surface area contributed by atoms with Gasteiger partial charge >= 0.3 is 5.97 Å². The minimum Gasteiger partial charge on any atom is -0.466 e. The van der Waals surface area contributed by atoms with Crippen LogP contribution < -0.4 is 0 Å². The third kappa shape index (κ3) is 4.27. The van der Waals surface area contributed by atoms with E-state index >= 15 is 0 Å². The molecule has 3 nitrogen and oxygen atoms in total. The maximum absolute atomic E-state index is 10.8. The zero-order chi connectivity index (χ0) is 9.52. The molecule has 0 aromatic heterocycles. The largest absolute Gasteiger partial charge is 0.466 e. The number of hydrogen-bond donors (Lipinski definition) is 0. The molecule has 3 heteroatoms. The van der Waals surface area contributed by atoms with Crippen LogP contribution in [0.15, 0.2) is 0 Å². The average molecular weight is 186 g/mol. The van der Waals surface area contributed by atoms with E-state index in [0.29, 0.717) is 19.1 Å². The third-order valence-electron chi connectivity index (χ3n) is 2.25. The highest BCUT2D eigenvalue weighted by Crippen LogP contribution is 2.16. The van der Waals surface area contributed by atoms with Gasteiger partial charge in [-0.2, -0.15) is 0 Å². The first-order valence-corrected chi connectivity index (χ1v) is 5.10. The molecule has 13 heavy (non-hydrogen) atoms. The first-order chi connectivity index (χ1) is 6.33. The number of hydrogen-bond acceptors (Lipinski definition) is 3. The molecule has 0 saturated carbocycles. The first kappa shape index (κ1) is 10.5. The lowest BCUT2D eigenvalue weighted by Gasteiger charge is -2.08. The molecule has 1 saturated heterocycles. The third-order valence-corrected chi connectivity index (χ3v) is 2.25. The molecule has 1 atom stereocenters. The van der Waals surface area contributed by atoms with E-state index in [0.717, 1.165) is 19.4 Å². The van der Waals surface area contributed by atoms with Gasteiger partial charge in [0.1, 0.15) is 0 Å². The van der Waals surface area contributed by atoms with Gasteiger partial charge in [-0.15, -0.1) is 0 Å². The zero-order valence-electron chi connectivity index (χ0n) is 8.25. The Kier molecular flexibility index (Phi) is 4.83. The number of ether oxygens (including phenoxy) is 2. The van der Waals surface area contributed by atoms with Crippen LogP contribution in [0.2, 0.25) is 0 Å². The summed E-state index contributed by atoms with van der Waals surface area (Å²) in [5.41, 5.74) is 0. The molecule has 0 aromatic rings. The van der Waals surface area contributed by atoms with Gasteiger partial charge < -0.3 is 9.47 Å². The summed E-state index contributed by atoms with van der Waals surface area (Å²) in [5, 5.41) is 0. The van der Waals surface area contributed by atoms with Crippen molar-refractivity contribution in [2.24, 2.45) is 0 Å². The van der Waals surface area contributed by atoms with E-state index in [1.165, 1.54) is 12.8 Å². The normalized spacial score (nSPS) is 21.8. The summed E-state index contributed by atoms with van der Waals surface area (Å²) in [4.78, 5) is 10.8. The van der Waals surface area contributed by atoms with Crippen molar-refractivity contribution >= 4 is 5.97 Å². The van der Waals surface area contributed by atoms with Crippen LogP contribution in [0, 0.1) is 0 Å². The summed E-state index contributed by atoms with van der Waals surface area (Å²) in [7, 11) is 0. The molecule has 0 N–H and O–H groups in total. The van der Waals surface area contributed by atoms with Gasteiger partial charge in [0, 0.05) is 13.0 Å². The fraction of sp³-hybridized carbons (Fsp3) is 0.900. The quantitative estimate of drug-likeness (QED) is 0.486. The Morgan fingerprint density at radius 3 is 3.08 bits per heavy atom. The smallest absolute Gasteiger partial charge is 0.305 e. The van der Waals surface area contributed by atoms with Gasteiger partial charge in [-0.05, 0) is 25.7 Å². The highest BCUT2D eigenvalue weighted by molar-refractivity contribution is 5.68. The standard InChI is InChI=1S/C10H18O3/c1-2-10(11)13-8-4-6-9-5-3-7-12-9/h9H,2-8H2,1H3/t9-/m1/s1. The molecule has 1 rings (SSSR count). The minimum absolute atomic E-state index is 0.104. The molecular weight excluding hydrogens is 168 g/mol. The zero-order valence-corrected chi connectivity index (χ0v) is 8.25. The van der Waals surface area contributed by atoms with Crippen molar-refractivity contribution in [3.63, 3.8) is 0 Å². The highest BCUT2D eigenvalue weighted by atomic mass is 16.5. The molecule has 0 radical (unpaired) electrons. The Balaban J connectivity index is 1.91. The SMILES string of the molecule is CCC(=O)OCCC[C@H]1CCCO1. The molecule has 1 aliphatic heterocycles. The van der Waals surface area contributed by atoms with E-state index < -0.39 is 0 Å². The monoisotopic (exact) mass is 186 g/mol. The second kappa shape index (κ2) is 5.97. The molecule has 0 aliphatic carbocycles. The van der Waals surface area contributed by atoms with Crippen molar-refractivity contribution in [1.82, 2.24) is 0 Å². The second-order valence-electron chi connectivity index (χ2n) is 3.35. The van der Waals surface area contributed by atoms with E-state index in [1.54, 1.807) is 0 Å². The summed E-state index contributed by atoms with van der Waals surface area (Å²) in [6.45, 7) is 3.26. The second-order valence-corrected chi connectivity index (χ2v) is 3.35. The average Bonchev–Trinajstić information content (AvgIpc) is 2.64. The summed E-state index contributed by atoms with van der Waals surface area (Å²) in [6.07, 6.45) is 5.19. The van der Waals surface area contributed by atoms with E-state index in [9.17, 15) is 4.79 Å². The lowest BCUT2D eigenvalue weighted by Crippen LogP contribution is -2.09. The minimum atomic E-state index is -0.104. The molecule has 0 aromatic carbocycles. The van der Waals surface area contributed by atoms with Crippen molar-refractivity contribution in [3.05, 3.63) is 0 Å². The molecule has 0 spiro atoms. The van der Waals surface area contributed by atoms with Gasteiger partial charge in [-0.3, -0.25) is 4.79 Å². The van der Waals surface area contributed by atoms with E-state index in [-0.39, 0.29) is 5.97 Å². The Morgan fingerprint density at radius 2 is 2.46 bits per heavy atom. The lowest BCUT2D eigenvalue weighted by molar-refractivity contribution is -0.143. The Morgan fingerprint density at radius 1 is 1.62 bits per heavy atom. The molecule has 0 bridgehead atoms. The van der Waals surface area contributed by atoms with Gasteiger partial charge in [0.25, 0.3) is 0 Å². The molecule has 0 unspecified atom stereocenters. The Hall–Kier alpha value is -0.570. The molecule has 76 valence electrons. The number of carbonyl (C=O) groups is 1. The van der Waals surface area contributed by atoms with Gasteiger partial charge in [0.15, 0.2) is 0 Å². The lowest BCUT2D eigenvalue weighted by atomic mass is 10.1. The van der Waals surface area contributed by atoms with Crippen LogP contribution in [-0.4, -0.2) is 25.3 Å². The van der Waals surface area contributed by atoms with Gasteiger partial charge in [0.05, 0.1) is 12.7 Å². The molecule has 0 amide bonds. The van der Waals surface area contributed by atoms with Crippen LogP contribution >= 0.6 is 0 Å². The Labute approximate surface area is 79.4 Å². The topological polar surface area (TPSA) is 35.5 Å². The van der Waals surface area contributed by atoms with Crippen LogP contribution in [0.25, 0.3) is 0 Å². The summed E-state index contributed by atoms with van der Waals surface area (Å²) in [6, 6.07) is 0. The van der Waals surface area contributed by atoms with E-state index in [2.05, 4.69) is 0 Å². The van der Waals surface area contributed by atoms with Crippen LogP contribution in [0.5, 0.6) is 0 Å². The maximum atomic E-state index is 10.8.